The molecule has 2 rings (SSSR count). The van der Waals surface area contributed by atoms with Crippen LogP contribution in [0.25, 0.3) is 0 Å². The first-order valence-electron chi connectivity index (χ1n) is 7.29. The van der Waals surface area contributed by atoms with Crippen LogP contribution in [0.3, 0.4) is 0 Å². The van der Waals surface area contributed by atoms with E-state index in [0.29, 0.717) is 4.99 Å². The average Bonchev–Trinajstić information content (AvgIpc) is 2.50. The zero-order valence-electron chi connectivity index (χ0n) is 12.3. The van der Waals surface area contributed by atoms with Crippen molar-refractivity contribution in [3.05, 3.63) is 35.9 Å². The lowest BCUT2D eigenvalue weighted by Crippen LogP contribution is -2.58. The summed E-state index contributed by atoms with van der Waals surface area (Å²) in [5, 5.41) is 3.05. The van der Waals surface area contributed by atoms with Crippen molar-refractivity contribution in [3.8, 4) is 0 Å². The monoisotopic (exact) mass is 306 g/mol. The van der Waals surface area contributed by atoms with Crippen molar-refractivity contribution in [2.75, 3.05) is 7.11 Å². The van der Waals surface area contributed by atoms with Crippen LogP contribution >= 0.6 is 12.2 Å². The average molecular weight is 306 g/mol. The van der Waals surface area contributed by atoms with Crippen molar-refractivity contribution in [2.24, 2.45) is 5.73 Å². The van der Waals surface area contributed by atoms with Gasteiger partial charge in [-0.2, -0.15) is 0 Å². The number of thiocarbonyl (C=S) groups is 1. The molecule has 5 heteroatoms. The normalized spacial score (nSPS) is 18.7. The first kappa shape index (κ1) is 15.9. The third-order valence-electron chi connectivity index (χ3n) is 4.12. The summed E-state index contributed by atoms with van der Waals surface area (Å²) >= 11 is 5.21. The van der Waals surface area contributed by atoms with E-state index in [1.54, 1.807) is 0 Å². The molecular formula is C16H22N2O2S. The Balaban J connectivity index is 2.16. The van der Waals surface area contributed by atoms with Gasteiger partial charge in [0.15, 0.2) is 6.10 Å². The molecule has 0 bridgehead atoms. The van der Waals surface area contributed by atoms with E-state index in [1.165, 1.54) is 7.11 Å². The zero-order valence-corrected chi connectivity index (χ0v) is 13.1. The lowest BCUT2D eigenvalue weighted by atomic mass is 9.81. The summed E-state index contributed by atoms with van der Waals surface area (Å²) < 4.78 is 5.37. The fourth-order valence-corrected chi connectivity index (χ4v) is 3.17. The van der Waals surface area contributed by atoms with Crippen molar-refractivity contribution < 1.29 is 9.53 Å². The third kappa shape index (κ3) is 3.60. The molecule has 1 aromatic rings. The van der Waals surface area contributed by atoms with Gasteiger partial charge in [0.25, 0.3) is 5.91 Å². The Bertz CT molecular complexity index is 498. The standard InChI is InChI=1S/C16H22N2O2S/c1-20-13(12-8-4-2-5-9-12)14(19)18-16(15(17)21)10-6-3-7-11-16/h2,4-5,8-9,13H,3,6-7,10-11H2,1H3,(H2,17,21)(H,18,19). The van der Waals surface area contributed by atoms with Gasteiger partial charge in [-0.15, -0.1) is 0 Å². The maximum Gasteiger partial charge on any atom is 0.254 e. The van der Waals surface area contributed by atoms with E-state index in [1.807, 2.05) is 30.3 Å². The van der Waals surface area contributed by atoms with E-state index in [0.717, 1.165) is 37.7 Å². The van der Waals surface area contributed by atoms with Gasteiger partial charge in [0.2, 0.25) is 0 Å². The molecule has 1 fully saturated rings. The summed E-state index contributed by atoms with van der Waals surface area (Å²) in [5.74, 6) is -0.182. The molecule has 0 saturated heterocycles. The Hall–Kier alpha value is -1.46. The van der Waals surface area contributed by atoms with Gasteiger partial charge in [0.05, 0.1) is 10.5 Å². The zero-order chi connectivity index (χ0) is 15.3. The molecule has 1 unspecified atom stereocenters. The Morgan fingerprint density at radius 3 is 2.43 bits per heavy atom. The van der Waals surface area contributed by atoms with Crippen molar-refractivity contribution >= 4 is 23.1 Å². The minimum absolute atomic E-state index is 0.182. The second kappa shape index (κ2) is 7.00. The number of carbonyl (C=O) groups excluding carboxylic acids is 1. The molecular weight excluding hydrogens is 284 g/mol. The lowest BCUT2D eigenvalue weighted by molar-refractivity contribution is -0.133. The highest BCUT2D eigenvalue weighted by Crippen LogP contribution is 2.30. The minimum Gasteiger partial charge on any atom is -0.391 e. The largest absolute Gasteiger partial charge is 0.391 e. The number of nitrogens with two attached hydrogens (primary N) is 1. The van der Waals surface area contributed by atoms with Gasteiger partial charge in [-0.25, -0.2) is 0 Å². The predicted molar refractivity (Wildman–Crippen MR) is 86.9 cm³/mol. The molecule has 0 aliphatic heterocycles. The maximum absolute atomic E-state index is 12.6. The van der Waals surface area contributed by atoms with E-state index < -0.39 is 11.6 Å². The SMILES string of the molecule is COC(C(=O)NC1(C(N)=S)CCCCC1)c1ccccc1. The highest BCUT2D eigenvalue weighted by atomic mass is 32.1. The van der Waals surface area contributed by atoms with Crippen molar-refractivity contribution in [1.82, 2.24) is 5.32 Å². The molecule has 0 spiro atoms. The molecule has 1 amide bonds. The van der Waals surface area contributed by atoms with E-state index in [-0.39, 0.29) is 5.91 Å². The summed E-state index contributed by atoms with van der Waals surface area (Å²) in [6, 6.07) is 9.44. The molecule has 21 heavy (non-hydrogen) atoms. The molecule has 3 N–H and O–H groups in total. The van der Waals surface area contributed by atoms with Gasteiger partial charge < -0.3 is 15.8 Å². The molecule has 114 valence electrons. The van der Waals surface area contributed by atoms with Gasteiger partial charge in [-0.3, -0.25) is 4.79 Å². The maximum atomic E-state index is 12.6. The highest BCUT2D eigenvalue weighted by Gasteiger charge is 2.38. The van der Waals surface area contributed by atoms with Gasteiger partial charge in [-0.05, 0) is 18.4 Å². The van der Waals surface area contributed by atoms with Crippen molar-refractivity contribution in [1.29, 1.82) is 0 Å². The van der Waals surface area contributed by atoms with Crippen LogP contribution < -0.4 is 11.1 Å². The minimum atomic E-state index is -0.639. The summed E-state index contributed by atoms with van der Waals surface area (Å²) in [5.41, 5.74) is 6.17. The topological polar surface area (TPSA) is 64.3 Å². The first-order chi connectivity index (χ1) is 10.1. The van der Waals surface area contributed by atoms with Gasteiger partial charge in [-0.1, -0.05) is 61.8 Å². The molecule has 4 nitrogen and oxygen atoms in total. The summed E-state index contributed by atoms with van der Waals surface area (Å²) in [6.07, 6.45) is 4.19. The lowest BCUT2D eigenvalue weighted by Gasteiger charge is -2.38. The Labute approximate surface area is 131 Å². The number of nitrogens with one attached hydrogen (secondary N) is 1. The van der Waals surface area contributed by atoms with Crippen LogP contribution in [0, 0.1) is 0 Å². The molecule has 1 atom stereocenters. The number of carbonyl (C=O) groups is 1. The molecule has 1 aliphatic rings. The predicted octanol–water partition coefficient (Wildman–Crippen LogP) is 2.48. The van der Waals surface area contributed by atoms with Gasteiger partial charge >= 0.3 is 0 Å². The van der Waals surface area contributed by atoms with E-state index >= 15 is 0 Å². The molecule has 1 saturated carbocycles. The number of ether oxygens (including phenoxy) is 1. The quantitative estimate of drug-likeness (QED) is 0.820. The van der Waals surface area contributed by atoms with Crippen LogP contribution in [0.1, 0.15) is 43.8 Å². The fraction of sp³-hybridized carbons (Fsp3) is 0.500. The smallest absolute Gasteiger partial charge is 0.254 e. The third-order valence-corrected chi connectivity index (χ3v) is 4.51. The summed E-state index contributed by atoms with van der Waals surface area (Å²) in [7, 11) is 1.53. The summed E-state index contributed by atoms with van der Waals surface area (Å²) in [4.78, 5) is 13.0. The summed E-state index contributed by atoms with van der Waals surface area (Å²) in [6.45, 7) is 0. The van der Waals surface area contributed by atoms with E-state index in [9.17, 15) is 4.79 Å². The molecule has 0 radical (unpaired) electrons. The number of amides is 1. The second-order valence-electron chi connectivity index (χ2n) is 5.52. The van der Waals surface area contributed by atoms with Gasteiger partial charge in [0.1, 0.15) is 0 Å². The van der Waals surface area contributed by atoms with Crippen LogP contribution in [0.15, 0.2) is 30.3 Å². The highest BCUT2D eigenvalue weighted by molar-refractivity contribution is 7.80. The Morgan fingerprint density at radius 2 is 1.90 bits per heavy atom. The Kier molecular flexibility index (Phi) is 5.31. The van der Waals surface area contributed by atoms with E-state index in [4.69, 9.17) is 22.7 Å². The molecule has 1 aliphatic carbocycles. The second-order valence-corrected chi connectivity index (χ2v) is 5.96. The first-order valence-corrected chi connectivity index (χ1v) is 7.69. The van der Waals surface area contributed by atoms with E-state index in [2.05, 4.69) is 5.32 Å². The van der Waals surface area contributed by atoms with Crippen LogP contribution in [-0.4, -0.2) is 23.5 Å². The van der Waals surface area contributed by atoms with Crippen molar-refractivity contribution in [2.45, 2.75) is 43.7 Å². The molecule has 0 aromatic heterocycles. The van der Waals surface area contributed by atoms with Crippen LogP contribution in [0.2, 0.25) is 0 Å². The fourth-order valence-electron chi connectivity index (χ4n) is 2.91. The number of rotatable bonds is 5. The van der Waals surface area contributed by atoms with Crippen molar-refractivity contribution in [3.63, 3.8) is 0 Å². The number of hydrogen-bond acceptors (Lipinski definition) is 3. The molecule has 1 aromatic carbocycles. The number of hydrogen-bond donors (Lipinski definition) is 2. The van der Waals surface area contributed by atoms with Crippen LogP contribution in [0.4, 0.5) is 0 Å². The Morgan fingerprint density at radius 1 is 1.29 bits per heavy atom. The van der Waals surface area contributed by atoms with Crippen LogP contribution in [-0.2, 0) is 9.53 Å². The van der Waals surface area contributed by atoms with Crippen LogP contribution in [0.5, 0.6) is 0 Å². The molecule has 0 heterocycles. The number of methoxy groups -OCH3 is 1. The van der Waals surface area contributed by atoms with Gasteiger partial charge in [0, 0.05) is 7.11 Å². The number of benzene rings is 1.